The molecular weight excluding hydrogens is 468 g/mol. The zero-order chi connectivity index (χ0) is 25.2. The molecule has 3 aromatic rings. The normalized spacial score (nSPS) is 11.7. The number of benzene rings is 3. The number of nitrogens with one attached hydrogen (secondary N) is 1. The Morgan fingerprint density at radius 3 is 2.49 bits per heavy atom. The summed E-state index contributed by atoms with van der Waals surface area (Å²) in [6.45, 7) is 4.14. The predicted molar refractivity (Wildman–Crippen MR) is 136 cm³/mol. The van der Waals surface area contributed by atoms with E-state index in [0.717, 1.165) is 6.42 Å². The maximum absolute atomic E-state index is 12.4. The van der Waals surface area contributed by atoms with E-state index < -0.39 is 11.9 Å². The summed E-state index contributed by atoms with van der Waals surface area (Å²) in [6, 6.07) is 19.2. The third-order valence-electron chi connectivity index (χ3n) is 5.32. The number of hydrogen-bond acceptors (Lipinski definition) is 6. The van der Waals surface area contributed by atoms with Crippen molar-refractivity contribution in [2.45, 2.75) is 26.2 Å². The molecule has 0 aliphatic rings. The number of amides is 1. The fourth-order valence-electron chi connectivity index (χ4n) is 3.12. The van der Waals surface area contributed by atoms with Gasteiger partial charge in [-0.3, -0.25) is 4.79 Å². The first-order valence-electron chi connectivity index (χ1n) is 11.1. The first kappa shape index (κ1) is 25.8. The van der Waals surface area contributed by atoms with Crippen LogP contribution in [0.4, 0.5) is 0 Å². The van der Waals surface area contributed by atoms with E-state index >= 15 is 0 Å². The number of carbonyl (C=O) groups is 2. The lowest BCUT2D eigenvalue weighted by atomic mass is 9.99. The molecule has 0 heterocycles. The van der Waals surface area contributed by atoms with Gasteiger partial charge in [0.05, 0.1) is 23.9 Å². The van der Waals surface area contributed by atoms with Crippen LogP contribution in [0, 0.1) is 0 Å². The van der Waals surface area contributed by atoms with Crippen molar-refractivity contribution in [3.05, 3.63) is 88.4 Å². The van der Waals surface area contributed by atoms with Crippen molar-refractivity contribution in [3.8, 4) is 17.2 Å². The second kappa shape index (κ2) is 12.6. The van der Waals surface area contributed by atoms with Crippen LogP contribution >= 0.6 is 11.6 Å². The van der Waals surface area contributed by atoms with E-state index in [1.165, 1.54) is 18.9 Å². The molecule has 0 saturated heterocycles. The summed E-state index contributed by atoms with van der Waals surface area (Å²) >= 11 is 6.05. The Morgan fingerprint density at radius 1 is 1.06 bits per heavy atom. The van der Waals surface area contributed by atoms with Gasteiger partial charge >= 0.3 is 5.97 Å². The molecule has 35 heavy (non-hydrogen) atoms. The predicted octanol–water partition coefficient (Wildman–Crippen LogP) is 5.61. The third kappa shape index (κ3) is 7.32. The summed E-state index contributed by atoms with van der Waals surface area (Å²) in [4.78, 5) is 24.5. The Hall–Kier alpha value is -3.84. The Balaban J connectivity index is 1.53. The lowest BCUT2D eigenvalue weighted by molar-refractivity contribution is -0.123. The number of methoxy groups -OCH3 is 1. The number of hydrazone groups is 1. The number of rotatable bonds is 10. The molecule has 0 radical (unpaired) electrons. The fraction of sp³-hybridized carbons (Fsp3) is 0.222. The van der Waals surface area contributed by atoms with Gasteiger partial charge in [0.1, 0.15) is 5.75 Å². The van der Waals surface area contributed by atoms with Crippen LogP contribution in [0.25, 0.3) is 0 Å². The smallest absolute Gasteiger partial charge is 0.345 e. The van der Waals surface area contributed by atoms with E-state index in [4.69, 9.17) is 25.8 Å². The van der Waals surface area contributed by atoms with Crippen LogP contribution in [0.15, 0.2) is 71.8 Å². The number of carbonyl (C=O) groups excluding carboxylic acids is 2. The lowest BCUT2D eigenvalue weighted by Gasteiger charge is -2.11. The van der Waals surface area contributed by atoms with Crippen molar-refractivity contribution in [2.75, 3.05) is 13.7 Å². The molecule has 0 spiro atoms. The van der Waals surface area contributed by atoms with Crippen LogP contribution in [0.1, 0.15) is 47.7 Å². The maximum atomic E-state index is 12.4. The van der Waals surface area contributed by atoms with Crippen LogP contribution < -0.4 is 19.6 Å². The van der Waals surface area contributed by atoms with Crippen LogP contribution in [-0.2, 0) is 4.79 Å². The van der Waals surface area contributed by atoms with E-state index in [1.807, 2.05) is 24.3 Å². The molecule has 1 atom stereocenters. The van der Waals surface area contributed by atoms with Crippen molar-refractivity contribution >= 4 is 29.7 Å². The average Bonchev–Trinajstić information content (AvgIpc) is 2.88. The van der Waals surface area contributed by atoms with E-state index in [-0.39, 0.29) is 17.9 Å². The summed E-state index contributed by atoms with van der Waals surface area (Å²) in [5.41, 5.74) is 4.52. The molecule has 1 N–H and O–H groups in total. The first-order chi connectivity index (χ1) is 16.9. The third-order valence-corrected chi connectivity index (χ3v) is 5.65. The molecular formula is C27H27ClN2O5. The quantitative estimate of drug-likeness (QED) is 0.171. The Labute approximate surface area is 209 Å². The highest BCUT2D eigenvalue weighted by Crippen LogP contribution is 2.29. The molecule has 0 saturated carbocycles. The molecule has 3 rings (SSSR count). The number of hydrogen-bond donors (Lipinski definition) is 1. The lowest BCUT2D eigenvalue weighted by Crippen LogP contribution is -2.24. The highest BCUT2D eigenvalue weighted by molar-refractivity contribution is 6.33. The summed E-state index contributed by atoms with van der Waals surface area (Å²) < 4.78 is 16.3. The summed E-state index contributed by atoms with van der Waals surface area (Å²) in [6.07, 6.45) is 2.50. The molecule has 0 aliphatic carbocycles. The number of ether oxygens (including phenoxy) is 3. The highest BCUT2D eigenvalue weighted by atomic mass is 35.5. The van der Waals surface area contributed by atoms with Gasteiger partial charge in [0.15, 0.2) is 18.1 Å². The first-order valence-corrected chi connectivity index (χ1v) is 11.5. The molecule has 182 valence electrons. The molecule has 1 amide bonds. The molecule has 0 aromatic heterocycles. The van der Waals surface area contributed by atoms with Gasteiger partial charge in [0, 0.05) is 0 Å². The van der Waals surface area contributed by atoms with Gasteiger partial charge in [0.2, 0.25) is 0 Å². The number of nitrogens with zero attached hydrogens (tertiary/aromatic N) is 1. The van der Waals surface area contributed by atoms with Crippen molar-refractivity contribution in [2.24, 2.45) is 5.10 Å². The summed E-state index contributed by atoms with van der Waals surface area (Å²) in [5.74, 6) is 0.643. The molecule has 8 heteroatoms. The number of esters is 1. The topological polar surface area (TPSA) is 86.2 Å². The van der Waals surface area contributed by atoms with Gasteiger partial charge in [-0.15, -0.1) is 0 Å². The van der Waals surface area contributed by atoms with Crippen LogP contribution in [0.5, 0.6) is 17.2 Å². The highest BCUT2D eigenvalue weighted by Gasteiger charge is 2.15. The number of halogens is 1. The van der Waals surface area contributed by atoms with Crippen molar-refractivity contribution in [1.29, 1.82) is 0 Å². The second-order valence-corrected chi connectivity index (χ2v) is 8.15. The SMILES string of the molecule is CCC(C)c1ccc(OCC(=O)N/N=C/c2ccc(OC(=O)c3ccccc3Cl)c(OC)c2)cc1. The Morgan fingerprint density at radius 2 is 1.80 bits per heavy atom. The van der Waals surface area contributed by atoms with Gasteiger partial charge in [-0.25, -0.2) is 10.2 Å². The standard InChI is InChI=1S/C27H27ClN2O5/c1-4-18(2)20-10-12-21(13-11-20)34-17-26(31)30-29-16-19-9-14-24(25(15-19)33-3)35-27(32)22-7-5-6-8-23(22)28/h5-16,18H,4,17H2,1-3H3,(H,30,31)/b29-16+. The van der Waals surface area contributed by atoms with Crippen LogP contribution in [0.2, 0.25) is 5.02 Å². The summed E-state index contributed by atoms with van der Waals surface area (Å²) in [5, 5.41) is 4.24. The van der Waals surface area contributed by atoms with Crippen molar-refractivity contribution in [3.63, 3.8) is 0 Å². The minimum Gasteiger partial charge on any atom is -0.493 e. The van der Waals surface area contributed by atoms with E-state index in [1.54, 1.807) is 42.5 Å². The van der Waals surface area contributed by atoms with Gasteiger partial charge in [-0.1, -0.05) is 49.7 Å². The Kier molecular flexibility index (Phi) is 9.26. The van der Waals surface area contributed by atoms with Crippen LogP contribution in [-0.4, -0.2) is 31.8 Å². The van der Waals surface area contributed by atoms with E-state index in [0.29, 0.717) is 28.0 Å². The van der Waals surface area contributed by atoms with E-state index in [2.05, 4.69) is 24.4 Å². The molecule has 7 nitrogen and oxygen atoms in total. The average molecular weight is 495 g/mol. The molecule has 0 aliphatic heterocycles. The Bertz CT molecular complexity index is 1190. The zero-order valence-electron chi connectivity index (χ0n) is 19.8. The largest absolute Gasteiger partial charge is 0.493 e. The van der Waals surface area contributed by atoms with Crippen molar-refractivity contribution < 1.29 is 23.8 Å². The van der Waals surface area contributed by atoms with Crippen LogP contribution in [0.3, 0.4) is 0 Å². The monoisotopic (exact) mass is 494 g/mol. The van der Waals surface area contributed by atoms with Gasteiger partial charge in [0.25, 0.3) is 5.91 Å². The zero-order valence-corrected chi connectivity index (χ0v) is 20.5. The van der Waals surface area contributed by atoms with Crippen molar-refractivity contribution in [1.82, 2.24) is 5.43 Å². The van der Waals surface area contributed by atoms with Gasteiger partial charge < -0.3 is 14.2 Å². The molecule has 0 bridgehead atoms. The molecule has 3 aromatic carbocycles. The maximum Gasteiger partial charge on any atom is 0.345 e. The molecule has 0 fully saturated rings. The summed E-state index contributed by atoms with van der Waals surface area (Å²) in [7, 11) is 1.46. The van der Waals surface area contributed by atoms with Gasteiger partial charge in [-0.2, -0.15) is 5.10 Å². The van der Waals surface area contributed by atoms with Gasteiger partial charge in [-0.05, 0) is 65.9 Å². The minimum atomic E-state index is -0.600. The minimum absolute atomic E-state index is 0.166. The molecule has 1 unspecified atom stereocenters. The second-order valence-electron chi connectivity index (χ2n) is 7.74. The fourth-order valence-corrected chi connectivity index (χ4v) is 3.33. The van der Waals surface area contributed by atoms with E-state index in [9.17, 15) is 9.59 Å².